The van der Waals surface area contributed by atoms with Crippen molar-refractivity contribution < 1.29 is 4.79 Å². The van der Waals surface area contributed by atoms with E-state index in [0.717, 1.165) is 36.0 Å². The zero-order valence-electron chi connectivity index (χ0n) is 16.1. The molecule has 0 aromatic heterocycles. The van der Waals surface area contributed by atoms with Crippen molar-refractivity contribution in [1.82, 2.24) is 5.32 Å². The highest BCUT2D eigenvalue weighted by Gasteiger charge is 2.45. The molecule has 2 aromatic rings. The van der Waals surface area contributed by atoms with Gasteiger partial charge in [0.25, 0.3) is 0 Å². The quantitative estimate of drug-likeness (QED) is 0.848. The first-order valence-electron chi connectivity index (χ1n) is 9.60. The van der Waals surface area contributed by atoms with Gasteiger partial charge >= 0.3 is 0 Å². The first-order valence-corrected chi connectivity index (χ1v) is 9.60. The summed E-state index contributed by atoms with van der Waals surface area (Å²) in [4.78, 5) is 17.5. The minimum absolute atomic E-state index is 0.0608. The second kappa shape index (κ2) is 6.76. The van der Waals surface area contributed by atoms with Crippen LogP contribution in [0.15, 0.2) is 53.5 Å². The summed E-state index contributed by atoms with van der Waals surface area (Å²) in [6.45, 7) is 1.86. The lowest BCUT2D eigenvalue weighted by Gasteiger charge is -2.38. The Bertz CT molecular complexity index is 1090. The van der Waals surface area contributed by atoms with Gasteiger partial charge in [-0.05, 0) is 55.0 Å². The maximum atomic E-state index is 13.0. The fourth-order valence-corrected chi connectivity index (χ4v) is 4.40. The van der Waals surface area contributed by atoms with E-state index in [0.29, 0.717) is 5.56 Å². The van der Waals surface area contributed by atoms with Crippen molar-refractivity contribution in [2.75, 3.05) is 0 Å². The van der Waals surface area contributed by atoms with Crippen LogP contribution in [0.25, 0.3) is 0 Å². The predicted molar refractivity (Wildman–Crippen MR) is 109 cm³/mol. The number of hydrogen-bond acceptors (Lipinski definition) is 5. The van der Waals surface area contributed by atoms with Crippen LogP contribution in [0.2, 0.25) is 0 Å². The van der Waals surface area contributed by atoms with Crippen LogP contribution < -0.4 is 11.1 Å². The van der Waals surface area contributed by atoms with E-state index in [9.17, 15) is 15.3 Å². The van der Waals surface area contributed by atoms with Crippen LogP contribution in [-0.2, 0) is 15.7 Å². The standard InChI is InChI=1S/C23H21N5O/c1-22(18-5-2-4-15(12-18)13-24)19(20(29)27-21(26)28-22)16-6-8-17(9-7-16)23(14-25)10-3-11-23/h2,4-9,12,19H,3,10-11H2,1H3,(H3,26,27,28,29)/t19-,22+/m0/s1. The van der Waals surface area contributed by atoms with Gasteiger partial charge in [0.05, 0.1) is 29.0 Å². The Balaban J connectivity index is 1.79. The van der Waals surface area contributed by atoms with Crippen LogP contribution in [0.5, 0.6) is 0 Å². The molecule has 0 spiro atoms. The summed E-state index contributed by atoms with van der Waals surface area (Å²) in [5.41, 5.74) is 7.56. The smallest absolute Gasteiger partial charge is 0.237 e. The van der Waals surface area contributed by atoms with Gasteiger partial charge in [-0.25, -0.2) is 4.99 Å². The van der Waals surface area contributed by atoms with Gasteiger partial charge in [-0.15, -0.1) is 0 Å². The van der Waals surface area contributed by atoms with E-state index in [-0.39, 0.29) is 11.9 Å². The third-order valence-electron chi connectivity index (χ3n) is 6.22. The largest absolute Gasteiger partial charge is 0.370 e. The van der Waals surface area contributed by atoms with Crippen LogP contribution in [-0.4, -0.2) is 11.9 Å². The number of carbonyl (C=O) groups excluding carboxylic acids is 1. The summed E-state index contributed by atoms with van der Waals surface area (Å²) < 4.78 is 0. The molecule has 1 amide bonds. The number of nitrogens with zero attached hydrogens (tertiary/aromatic N) is 3. The van der Waals surface area contributed by atoms with Crippen molar-refractivity contribution in [3.05, 3.63) is 70.8 Å². The molecule has 144 valence electrons. The molecule has 1 heterocycles. The predicted octanol–water partition coefficient (Wildman–Crippen LogP) is 2.95. The molecule has 1 fully saturated rings. The fraction of sp³-hybridized carbons (Fsp3) is 0.304. The highest BCUT2D eigenvalue weighted by Crippen LogP contribution is 2.45. The van der Waals surface area contributed by atoms with Gasteiger partial charge in [-0.3, -0.25) is 10.1 Å². The van der Waals surface area contributed by atoms with Gasteiger partial charge in [-0.2, -0.15) is 10.5 Å². The minimum Gasteiger partial charge on any atom is -0.370 e. The lowest BCUT2D eigenvalue weighted by molar-refractivity contribution is -0.123. The molecule has 0 bridgehead atoms. The number of guanidine groups is 1. The molecule has 29 heavy (non-hydrogen) atoms. The molecule has 2 aliphatic rings. The number of rotatable bonds is 3. The lowest BCUT2D eigenvalue weighted by atomic mass is 9.65. The normalized spacial score (nSPS) is 25.0. The Kier molecular flexibility index (Phi) is 4.36. The molecule has 3 N–H and O–H groups in total. The van der Waals surface area contributed by atoms with Crippen LogP contribution in [0, 0.1) is 22.7 Å². The van der Waals surface area contributed by atoms with E-state index in [1.54, 1.807) is 18.2 Å². The molecule has 1 saturated carbocycles. The number of hydrogen-bond donors (Lipinski definition) is 2. The number of benzene rings is 2. The third-order valence-corrected chi connectivity index (χ3v) is 6.22. The SMILES string of the molecule is C[C@]1(c2cccc(C#N)c2)N=C(N)NC(=O)[C@@H]1c1ccc(C2(C#N)CCC2)cc1. The minimum atomic E-state index is -0.954. The molecule has 2 aromatic carbocycles. The van der Waals surface area contributed by atoms with E-state index in [4.69, 9.17) is 5.73 Å². The number of aliphatic imine (C=N–C) groups is 1. The van der Waals surface area contributed by atoms with E-state index in [2.05, 4.69) is 22.4 Å². The van der Waals surface area contributed by atoms with E-state index < -0.39 is 16.9 Å². The monoisotopic (exact) mass is 383 g/mol. The molecule has 1 aliphatic carbocycles. The van der Waals surface area contributed by atoms with Crippen molar-refractivity contribution in [2.45, 2.75) is 43.1 Å². The summed E-state index contributed by atoms with van der Waals surface area (Å²) in [5.74, 6) is -0.795. The topological polar surface area (TPSA) is 115 Å². The average Bonchev–Trinajstić information content (AvgIpc) is 2.68. The molecular formula is C23H21N5O. The van der Waals surface area contributed by atoms with Gasteiger partial charge < -0.3 is 5.73 Å². The number of nitriles is 2. The van der Waals surface area contributed by atoms with Crippen molar-refractivity contribution in [1.29, 1.82) is 10.5 Å². The summed E-state index contributed by atoms with van der Waals surface area (Å²) in [7, 11) is 0. The Labute approximate surface area is 169 Å². The molecule has 2 atom stereocenters. The maximum Gasteiger partial charge on any atom is 0.237 e. The van der Waals surface area contributed by atoms with Crippen molar-refractivity contribution >= 4 is 11.9 Å². The first-order chi connectivity index (χ1) is 13.9. The van der Waals surface area contributed by atoms with Gasteiger partial charge in [0.2, 0.25) is 5.91 Å². The van der Waals surface area contributed by atoms with Crippen LogP contribution in [0.1, 0.15) is 54.4 Å². The van der Waals surface area contributed by atoms with Gasteiger partial charge in [-0.1, -0.05) is 36.4 Å². The molecule has 0 unspecified atom stereocenters. The molecule has 0 saturated heterocycles. The molecule has 6 heteroatoms. The number of nitrogens with one attached hydrogen (secondary N) is 1. The van der Waals surface area contributed by atoms with Crippen LogP contribution in [0.3, 0.4) is 0 Å². The number of nitrogens with two attached hydrogens (primary N) is 1. The Morgan fingerprint density at radius 1 is 1.14 bits per heavy atom. The van der Waals surface area contributed by atoms with E-state index >= 15 is 0 Å². The van der Waals surface area contributed by atoms with Crippen LogP contribution >= 0.6 is 0 Å². The van der Waals surface area contributed by atoms with Crippen LogP contribution in [0.4, 0.5) is 0 Å². The average molecular weight is 383 g/mol. The second-order valence-corrected chi connectivity index (χ2v) is 7.93. The maximum absolute atomic E-state index is 13.0. The molecule has 6 nitrogen and oxygen atoms in total. The van der Waals surface area contributed by atoms with E-state index in [1.807, 2.05) is 37.3 Å². The van der Waals surface area contributed by atoms with Gasteiger partial charge in [0, 0.05) is 0 Å². The Morgan fingerprint density at radius 3 is 2.45 bits per heavy atom. The Morgan fingerprint density at radius 2 is 1.86 bits per heavy atom. The van der Waals surface area contributed by atoms with E-state index in [1.165, 1.54) is 0 Å². The first kappa shape index (κ1) is 18.7. The highest BCUT2D eigenvalue weighted by molar-refractivity contribution is 6.02. The fourth-order valence-electron chi connectivity index (χ4n) is 4.40. The lowest BCUT2D eigenvalue weighted by Crippen LogP contribution is -2.51. The molecule has 0 radical (unpaired) electrons. The summed E-state index contributed by atoms with van der Waals surface area (Å²) in [5, 5.41) is 21.5. The molecular weight excluding hydrogens is 362 g/mol. The Hall–Kier alpha value is -3.64. The third kappa shape index (κ3) is 2.94. The summed E-state index contributed by atoms with van der Waals surface area (Å²) in [6, 6.07) is 19.4. The summed E-state index contributed by atoms with van der Waals surface area (Å²) >= 11 is 0. The van der Waals surface area contributed by atoms with Crippen molar-refractivity contribution in [3.63, 3.8) is 0 Å². The van der Waals surface area contributed by atoms with Crippen molar-refractivity contribution in [2.24, 2.45) is 10.7 Å². The number of amides is 1. The van der Waals surface area contributed by atoms with Crippen molar-refractivity contribution in [3.8, 4) is 12.1 Å². The van der Waals surface area contributed by atoms with Gasteiger partial charge in [0.1, 0.15) is 5.54 Å². The highest BCUT2D eigenvalue weighted by atomic mass is 16.2. The second-order valence-electron chi connectivity index (χ2n) is 7.93. The zero-order valence-corrected chi connectivity index (χ0v) is 16.1. The summed E-state index contributed by atoms with van der Waals surface area (Å²) in [6.07, 6.45) is 2.79. The zero-order chi connectivity index (χ0) is 20.6. The molecule has 4 rings (SSSR count). The molecule has 1 aliphatic heterocycles. The number of carbonyl (C=O) groups is 1. The van der Waals surface area contributed by atoms with Gasteiger partial charge in [0.15, 0.2) is 5.96 Å².